The van der Waals surface area contributed by atoms with E-state index in [1.807, 2.05) is 27.1 Å². The molecule has 7 heteroatoms. The third-order valence-electron chi connectivity index (χ3n) is 5.77. The van der Waals surface area contributed by atoms with Crippen molar-refractivity contribution < 1.29 is 9.84 Å². The summed E-state index contributed by atoms with van der Waals surface area (Å²) in [7, 11) is 1.90. The number of aromatic nitrogens is 5. The van der Waals surface area contributed by atoms with Crippen LogP contribution >= 0.6 is 0 Å². The molecular weight excluding hydrogens is 366 g/mol. The van der Waals surface area contributed by atoms with Crippen LogP contribution in [0.25, 0.3) is 33.2 Å². The Kier molecular flexibility index (Phi) is 4.37. The van der Waals surface area contributed by atoms with Gasteiger partial charge in [-0.15, -0.1) is 5.10 Å². The molecule has 1 aromatic carbocycles. The number of fused-ring (bicyclic) bond motifs is 3. The number of ether oxygens (including phenoxy) is 1. The molecule has 2 atom stereocenters. The largest absolute Gasteiger partial charge is 0.393 e. The Balaban J connectivity index is 1.78. The fourth-order valence-electron chi connectivity index (χ4n) is 4.52. The zero-order valence-corrected chi connectivity index (χ0v) is 17.0. The number of aliphatic hydroxyl groups excluding tert-OH is 1. The van der Waals surface area contributed by atoms with Crippen LogP contribution in [-0.4, -0.2) is 49.0 Å². The zero-order chi connectivity index (χ0) is 20.1. The first-order chi connectivity index (χ1) is 14.0. The van der Waals surface area contributed by atoms with Crippen molar-refractivity contribution in [3.05, 3.63) is 41.7 Å². The van der Waals surface area contributed by atoms with Crippen molar-refractivity contribution in [3.63, 3.8) is 0 Å². The highest BCUT2D eigenvalue weighted by Gasteiger charge is 2.24. The van der Waals surface area contributed by atoms with Crippen LogP contribution in [0.2, 0.25) is 0 Å². The molecule has 0 amide bonds. The average molecular weight is 391 g/mol. The predicted octanol–water partition coefficient (Wildman–Crippen LogP) is 3.18. The van der Waals surface area contributed by atoms with Crippen molar-refractivity contribution in [1.82, 2.24) is 24.5 Å². The average Bonchev–Trinajstić information content (AvgIpc) is 3.38. The number of aryl methyl sites for hydroxylation is 2. The van der Waals surface area contributed by atoms with Gasteiger partial charge in [-0.1, -0.05) is 17.3 Å². The highest BCUT2D eigenvalue weighted by molar-refractivity contribution is 6.06. The summed E-state index contributed by atoms with van der Waals surface area (Å²) in [5, 5.41) is 19.3. The molecule has 1 N–H and O–H groups in total. The molecule has 0 radical (unpaired) electrons. The molecule has 0 spiro atoms. The Labute approximate surface area is 168 Å². The van der Waals surface area contributed by atoms with Gasteiger partial charge in [-0.05, 0) is 44.4 Å². The molecule has 4 aromatic rings. The lowest BCUT2D eigenvalue weighted by Gasteiger charge is -2.15. The minimum absolute atomic E-state index is 0.277. The summed E-state index contributed by atoms with van der Waals surface area (Å²) in [5.41, 5.74) is 7.25. The quantitative estimate of drug-likeness (QED) is 0.578. The number of rotatable bonds is 4. The second kappa shape index (κ2) is 6.93. The first-order valence-corrected chi connectivity index (χ1v) is 10.1. The molecule has 0 bridgehead atoms. The van der Waals surface area contributed by atoms with Crippen LogP contribution in [0.15, 0.2) is 30.5 Å². The van der Waals surface area contributed by atoms with E-state index >= 15 is 0 Å². The van der Waals surface area contributed by atoms with Crippen LogP contribution in [0, 0.1) is 6.92 Å². The van der Waals surface area contributed by atoms with Crippen LogP contribution < -0.4 is 0 Å². The van der Waals surface area contributed by atoms with Crippen molar-refractivity contribution in [2.24, 2.45) is 7.05 Å². The molecule has 1 aliphatic rings. The summed E-state index contributed by atoms with van der Waals surface area (Å²) in [6.07, 6.45) is 3.16. The maximum Gasteiger partial charge on any atom is 0.0960 e. The Bertz CT molecular complexity index is 1180. The molecule has 1 aliphatic heterocycles. The lowest BCUT2D eigenvalue weighted by molar-refractivity contribution is 0.187. The minimum Gasteiger partial charge on any atom is -0.393 e. The topological polar surface area (TPSA) is 78.0 Å². The standard InChI is InChI=1S/C22H25N5O2/c1-13(28)8-15-4-5-18-19(9-15)27(17-6-7-29-12-17)20-10-16(11-23-21(18)20)22-14(2)24-25-26(22)3/h4-5,9-11,13,17,28H,6-8,12H2,1-3H3. The summed E-state index contributed by atoms with van der Waals surface area (Å²) >= 11 is 0. The molecule has 3 aromatic heterocycles. The van der Waals surface area contributed by atoms with Gasteiger partial charge in [0.1, 0.15) is 0 Å². The summed E-state index contributed by atoms with van der Waals surface area (Å²) in [6, 6.07) is 8.89. The fourth-order valence-corrected chi connectivity index (χ4v) is 4.52. The van der Waals surface area contributed by atoms with E-state index in [1.54, 1.807) is 4.68 Å². The Morgan fingerprint density at radius 3 is 2.83 bits per heavy atom. The SMILES string of the molecule is Cc1nnn(C)c1-c1cnc2c3ccc(CC(C)O)cc3n(C3CCOC3)c2c1. The van der Waals surface area contributed by atoms with Crippen LogP contribution in [0.1, 0.15) is 30.6 Å². The maximum absolute atomic E-state index is 9.84. The molecule has 5 rings (SSSR count). The minimum atomic E-state index is -0.370. The van der Waals surface area contributed by atoms with E-state index in [2.05, 4.69) is 39.1 Å². The molecular formula is C22H25N5O2. The molecule has 2 unspecified atom stereocenters. The third kappa shape index (κ3) is 3.01. The van der Waals surface area contributed by atoms with Gasteiger partial charge in [0.15, 0.2) is 0 Å². The predicted molar refractivity (Wildman–Crippen MR) is 112 cm³/mol. The van der Waals surface area contributed by atoms with Crippen molar-refractivity contribution >= 4 is 21.9 Å². The number of nitrogens with zero attached hydrogens (tertiary/aromatic N) is 5. The lowest BCUT2D eigenvalue weighted by Crippen LogP contribution is -2.09. The van der Waals surface area contributed by atoms with E-state index < -0.39 is 0 Å². The van der Waals surface area contributed by atoms with Gasteiger partial charge in [0.05, 0.1) is 46.7 Å². The summed E-state index contributed by atoms with van der Waals surface area (Å²) in [5.74, 6) is 0. The third-order valence-corrected chi connectivity index (χ3v) is 5.77. The van der Waals surface area contributed by atoms with Gasteiger partial charge >= 0.3 is 0 Å². The first kappa shape index (κ1) is 18.3. The molecule has 7 nitrogen and oxygen atoms in total. The normalized spacial score (nSPS) is 18.1. The summed E-state index contributed by atoms with van der Waals surface area (Å²) in [4.78, 5) is 4.85. The molecule has 1 fully saturated rings. The summed E-state index contributed by atoms with van der Waals surface area (Å²) < 4.78 is 9.88. The number of hydrogen-bond donors (Lipinski definition) is 1. The maximum atomic E-state index is 9.84. The second-order valence-corrected chi connectivity index (χ2v) is 8.03. The van der Waals surface area contributed by atoms with Gasteiger partial charge in [0.2, 0.25) is 0 Å². The van der Waals surface area contributed by atoms with E-state index in [4.69, 9.17) is 9.72 Å². The first-order valence-electron chi connectivity index (χ1n) is 10.1. The molecule has 4 heterocycles. The van der Waals surface area contributed by atoms with Crippen molar-refractivity contribution in [3.8, 4) is 11.3 Å². The Morgan fingerprint density at radius 1 is 1.28 bits per heavy atom. The number of benzene rings is 1. The van der Waals surface area contributed by atoms with E-state index in [9.17, 15) is 5.11 Å². The molecule has 150 valence electrons. The monoisotopic (exact) mass is 391 g/mol. The van der Waals surface area contributed by atoms with Gasteiger partial charge in [-0.3, -0.25) is 4.98 Å². The number of aliphatic hydroxyl groups is 1. The zero-order valence-electron chi connectivity index (χ0n) is 17.0. The van der Waals surface area contributed by atoms with E-state index in [0.29, 0.717) is 13.0 Å². The highest BCUT2D eigenvalue weighted by atomic mass is 16.5. The molecule has 29 heavy (non-hydrogen) atoms. The molecule has 0 aliphatic carbocycles. The van der Waals surface area contributed by atoms with Crippen LogP contribution in [0.4, 0.5) is 0 Å². The molecule has 1 saturated heterocycles. The van der Waals surface area contributed by atoms with Gasteiger partial charge in [0, 0.05) is 30.8 Å². The van der Waals surface area contributed by atoms with Crippen molar-refractivity contribution in [2.45, 2.75) is 38.8 Å². The van der Waals surface area contributed by atoms with E-state index in [1.165, 1.54) is 0 Å². The fraction of sp³-hybridized carbons (Fsp3) is 0.409. The second-order valence-electron chi connectivity index (χ2n) is 8.03. The highest BCUT2D eigenvalue weighted by Crippen LogP contribution is 2.36. The van der Waals surface area contributed by atoms with E-state index in [0.717, 1.165) is 57.5 Å². The van der Waals surface area contributed by atoms with Crippen molar-refractivity contribution in [2.75, 3.05) is 13.2 Å². The van der Waals surface area contributed by atoms with Gasteiger partial charge in [-0.2, -0.15) is 0 Å². The van der Waals surface area contributed by atoms with Gasteiger partial charge in [-0.25, -0.2) is 4.68 Å². The van der Waals surface area contributed by atoms with Crippen molar-refractivity contribution in [1.29, 1.82) is 0 Å². The number of pyridine rings is 1. The summed E-state index contributed by atoms with van der Waals surface area (Å²) in [6.45, 7) is 5.27. The van der Waals surface area contributed by atoms with Crippen LogP contribution in [0.5, 0.6) is 0 Å². The van der Waals surface area contributed by atoms with Gasteiger partial charge in [0.25, 0.3) is 0 Å². The number of hydrogen-bond acceptors (Lipinski definition) is 5. The lowest BCUT2D eigenvalue weighted by atomic mass is 10.1. The van der Waals surface area contributed by atoms with Crippen LogP contribution in [-0.2, 0) is 18.2 Å². The molecule has 0 saturated carbocycles. The Hall–Kier alpha value is -2.77. The van der Waals surface area contributed by atoms with Gasteiger partial charge < -0.3 is 14.4 Å². The van der Waals surface area contributed by atoms with E-state index in [-0.39, 0.29) is 12.1 Å². The Morgan fingerprint density at radius 2 is 2.14 bits per heavy atom. The smallest absolute Gasteiger partial charge is 0.0960 e. The van der Waals surface area contributed by atoms with Crippen LogP contribution in [0.3, 0.4) is 0 Å².